The van der Waals surface area contributed by atoms with Crippen LogP contribution in [0.25, 0.3) is 0 Å². The zero-order valence-corrected chi connectivity index (χ0v) is 27.5. The lowest BCUT2D eigenvalue weighted by molar-refractivity contribution is -0.141. The maximum Gasteiger partial charge on any atom is 0.243 e. The van der Waals surface area contributed by atoms with Crippen molar-refractivity contribution in [1.82, 2.24) is 10.2 Å². The second kappa shape index (κ2) is 15.3. The zero-order valence-electron chi connectivity index (χ0n) is 25.1. The molecule has 0 spiro atoms. The zero-order chi connectivity index (χ0) is 30.9. The number of nitrogens with zero attached hydrogens (tertiary/aromatic N) is 2. The van der Waals surface area contributed by atoms with E-state index in [2.05, 4.69) is 21.2 Å². The second-order valence-electron chi connectivity index (χ2n) is 10.9. The lowest BCUT2D eigenvalue weighted by atomic mass is 10.0. The molecule has 3 aromatic rings. The van der Waals surface area contributed by atoms with Crippen LogP contribution in [-0.4, -0.2) is 50.0 Å². The molecule has 226 valence electrons. The van der Waals surface area contributed by atoms with Crippen molar-refractivity contribution in [1.29, 1.82) is 0 Å². The van der Waals surface area contributed by atoms with Gasteiger partial charge in [0.2, 0.25) is 21.8 Å². The Morgan fingerprint density at radius 2 is 1.62 bits per heavy atom. The van der Waals surface area contributed by atoms with Crippen molar-refractivity contribution in [2.24, 2.45) is 0 Å². The molecule has 0 unspecified atom stereocenters. The number of hydrogen-bond acceptors (Lipinski definition) is 4. The first-order valence-electron chi connectivity index (χ1n) is 14.3. The first kappa shape index (κ1) is 33.3. The van der Waals surface area contributed by atoms with Gasteiger partial charge in [-0.1, -0.05) is 77.5 Å². The van der Waals surface area contributed by atoms with E-state index in [1.54, 1.807) is 4.90 Å². The third-order valence-corrected chi connectivity index (χ3v) is 9.03. The summed E-state index contributed by atoms with van der Waals surface area (Å²) in [6.45, 7) is 8.16. The van der Waals surface area contributed by atoms with Crippen LogP contribution in [0.5, 0.6) is 0 Å². The summed E-state index contributed by atoms with van der Waals surface area (Å²) < 4.78 is 27.9. The normalized spacial score (nSPS) is 12.8. The molecule has 0 radical (unpaired) electrons. The van der Waals surface area contributed by atoms with E-state index in [0.29, 0.717) is 18.5 Å². The first-order valence-corrected chi connectivity index (χ1v) is 17.0. The van der Waals surface area contributed by atoms with Crippen molar-refractivity contribution in [3.63, 3.8) is 0 Å². The van der Waals surface area contributed by atoms with Crippen LogP contribution < -0.4 is 9.62 Å². The van der Waals surface area contributed by atoms with Gasteiger partial charge in [-0.15, -0.1) is 0 Å². The van der Waals surface area contributed by atoms with Gasteiger partial charge in [0.1, 0.15) is 6.04 Å². The average molecular weight is 657 g/mol. The number of aryl methyl sites for hydroxylation is 2. The first-order chi connectivity index (χ1) is 19.9. The Morgan fingerprint density at radius 3 is 2.24 bits per heavy atom. The van der Waals surface area contributed by atoms with Crippen molar-refractivity contribution >= 4 is 43.5 Å². The van der Waals surface area contributed by atoms with Gasteiger partial charge in [-0.3, -0.25) is 13.9 Å². The summed E-state index contributed by atoms with van der Waals surface area (Å²) in [5.41, 5.74) is 4.27. The summed E-state index contributed by atoms with van der Waals surface area (Å²) in [5, 5.41) is 3.08. The minimum atomic E-state index is -3.58. The Labute approximate surface area is 259 Å². The molecule has 3 aromatic carbocycles. The number of rotatable bonds is 14. The van der Waals surface area contributed by atoms with E-state index >= 15 is 0 Å². The summed E-state index contributed by atoms with van der Waals surface area (Å²) in [7, 11) is -3.58. The molecule has 0 heterocycles. The van der Waals surface area contributed by atoms with Crippen molar-refractivity contribution < 1.29 is 18.0 Å². The smallest absolute Gasteiger partial charge is 0.243 e. The SMILES string of the molecule is CC[C@@H](C)NC(=O)[C@H](Cc1ccccc1)N(Cc1ccc(Br)cc1)C(=O)CCCN(c1cc(C)ccc1C)S(C)(=O)=O. The monoisotopic (exact) mass is 655 g/mol. The number of hydrogen-bond donors (Lipinski definition) is 1. The lowest BCUT2D eigenvalue weighted by Crippen LogP contribution is -2.52. The van der Waals surface area contributed by atoms with Gasteiger partial charge in [0.05, 0.1) is 11.9 Å². The van der Waals surface area contributed by atoms with Crippen LogP contribution in [0.2, 0.25) is 0 Å². The topological polar surface area (TPSA) is 86.8 Å². The van der Waals surface area contributed by atoms with E-state index in [1.165, 1.54) is 10.6 Å². The van der Waals surface area contributed by atoms with Gasteiger partial charge in [-0.05, 0) is 74.1 Å². The standard InChI is InChI=1S/C33H42BrN3O4S/c1-6-26(4)35-33(39)31(22-27-11-8-7-9-12-27)36(23-28-16-18-29(34)19-17-28)32(38)13-10-20-37(42(5,40)41)30-21-24(2)14-15-25(30)3/h7-9,11-12,14-19,21,26,31H,6,10,13,20,22-23H2,1-5H3,(H,35,39)/t26-,31+/m1/s1. The van der Waals surface area contributed by atoms with Gasteiger partial charge in [-0.2, -0.15) is 0 Å². The van der Waals surface area contributed by atoms with Gasteiger partial charge in [-0.25, -0.2) is 8.42 Å². The van der Waals surface area contributed by atoms with Crippen LogP contribution >= 0.6 is 15.9 Å². The minimum absolute atomic E-state index is 0.0405. The number of carbonyl (C=O) groups is 2. The number of halogens is 1. The van der Waals surface area contributed by atoms with Gasteiger partial charge in [0, 0.05) is 36.4 Å². The summed E-state index contributed by atoms with van der Waals surface area (Å²) in [6, 6.07) is 22.3. The van der Waals surface area contributed by atoms with Crippen LogP contribution in [0.3, 0.4) is 0 Å². The largest absolute Gasteiger partial charge is 0.352 e. The number of amides is 2. The maximum atomic E-state index is 14.0. The highest BCUT2D eigenvalue weighted by Gasteiger charge is 2.31. The molecule has 0 aromatic heterocycles. The molecule has 2 atom stereocenters. The fraction of sp³-hybridized carbons (Fsp3) is 0.394. The van der Waals surface area contributed by atoms with Crippen LogP contribution in [-0.2, 0) is 32.6 Å². The second-order valence-corrected chi connectivity index (χ2v) is 13.7. The summed E-state index contributed by atoms with van der Waals surface area (Å²) in [6.07, 6.45) is 2.72. The highest BCUT2D eigenvalue weighted by atomic mass is 79.9. The van der Waals surface area contributed by atoms with Gasteiger partial charge in [0.15, 0.2) is 0 Å². The average Bonchev–Trinajstić information content (AvgIpc) is 2.95. The lowest BCUT2D eigenvalue weighted by Gasteiger charge is -2.33. The molecule has 9 heteroatoms. The minimum Gasteiger partial charge on any atom is -0.352 e. The van der Waals surface area contributed by atoms with E-state index in [4.69, 9.17) is 0 Å². The predicted octanol–water partition coefficient (Wildman–Crippen LogP) is 6.17. The van der Waals surface area contributed by atoms with Crippen LogP contribution in [0.1, 0.15) is 55.4 Å². The number of sulfonamides is 1. The Bertz CT molecular complexity index is 1450. The molecular formula is C33H42BrN3O4S. The molecule has 0 saturated heterocycles. The van der Waals surface area contributed by atoms with E-state index in [0.717, 1.165) is 33.1 Å². The summed E-state index contributed by atoms with van der Waals surface area (Å²) in [4.78, 5) is 29.3. The van der Waals surface area contributed by atoms with Crippen molar-refractivity contribution in [3.8, 4) is 0 Å². The number of carbonyl (C=O) groups excluding carboxylic acids is 2. The predicted molar refractivity (Wildman–Crippen MR) is 174 cm³/mol. The van der Waals surface area contributed by atoms with Crippen molar-refractivity contribution in [2.45, 2.75) is 72.0 Å². The fourth-order valence-corrected chi connectivity index (χ4v) is 6.03. The highest BCUT2D eigenvalue weighted by Crippen LogP contribution is 2.25. The number of benzene rings is 3. The molecule has 0 fully saturated rings. The van der Waals surface area contributed by atoms with Gasteiger partial charge >= 0.3 is 0 Å². The van der Waals surface area contributed by atoms with E-state index < -0.39 is 16.1 Å². The van der Waals surface area contributed by atoms with Crippen LogP contribution in [0.15, 0.2) is 77.3 Å². The Morgan fingerprint density at radius 1 is 0.952 bits per heavy atom. The highest BCUT2D eigenvalue weighted by molar-refractivity contribution is 9.10. The van der Waals surface area contributed by atoms with Gasteiger partial charge in [0.25, 0.3) is 0 Å². The number of nitrogens with one attached hydrogen (secondary N) is 1. The van der Waals surface area contributed by atoms with Gasteiger partial charge < -0.3 is 10.2 Å². The summed E-state index contributed by atoms with van der Waals surface area (Å²) >= 11 is 3.47. The third kappa shape index (κ3) is 9.70. The molecule has 0 aliphatic carbocycles. The molecule has 7 nitrogen and oxygen atoms in total. The van der Waals surface area contributed by atoms with Crippen LogP contribution in [0, 0.1) is 13.8 Å². The molecule has 3 rings (SSSR count). The van der Waals surface area contributed by atoms with E-state index in [9.17, 15) is 18.0 Å². The molecule has 0 aliphatic rings. The molecule has 42 heavy (non-hydrogen) atoms. The Balaban J connectivity index is 1.90. The van der Waals surface area contributed by atoms with Crippen molar-refractivity contribution in [2.75, 3.05) is 17.1 Å². The Kier molecular flexibility index (Phi) is 12.2. The van der Waals surface area contributed by atoms with Crippen LogP contribution in [0.4, 0.5) is 5.69 Å². The quantitative estimate of drug-likeness (QED) is 0.225. The molecule has 0 aliphatic heterocycles. The van der Waals surface area contributed by atoms with E-state index in [-0.39, 0.29) is 37.4 Å². The molecular weight excluding hydrogens is 614 g/mol. The molecule has 0 saturated carbocycles. The third-order valence-electron chi connectivity index (χ3n) is 7.32. The Hall–Kier alpha value is -3.17. The molecule has 1 N–H and O–H groups in total. The molecule has 2 amide bonds. The fourth-order valence-electron chi connectivity index (χ4n) is 4.75. The summed E-state index contributed by atoms with van der Waals surface area (Å²) in [5.74, 6) is -0.403. The maximum absolute atomic E-state index is 14.0. The van der Waals surface area contributed by atoms with E-state index in [1.807, 2.05) is 100 Å². The molecule has 0 bridgehead atoms. The number of anilines is 1. The van der Waals surface area contributed by atoms with Crippen molar-refractivity contribution in [3.05, 3.63) is 99.5 Å².